The minimum atomic E-state index is 0.202. The van der Waals surface area contributed by atoms with Gasteiger partial charge in [-0.25, -0.2) is 0 Å². The number of ether oxygens (including phenoxy) is 1. The van der Waals surface area contributed by atoms with E-state index < -0.39 is 0 Å². The Balaban J connectivity index is 2.19. The van der Waals surface area contributed by atoms with E-state index in [0.717, 1.165) is 25.2 Å². The zero-order chi connectivity index (χ0) is 11.4. The van der Waals surface area contributed by atoms with Crippen LogP contribution in [0, 0.1) is 0 Å². The quantitative estimate of drug-likeness (QED) is 0.837. The van der Waals surface area contributed by atoms with Gasteiger partial charge in [-0.3, -0.25) is 0 Å². The van der Waals surface area contributed by atoms with E-state index in [4.69, 9.17) is 4.74 Å². The van der Waals surface area contributed by atoms with Crippen molar-refractivity contribution < 1.29 is 4.74 Å². The van der Waals surface area contributed by atoms with Crippen molar-refractivity contribution in [2.75, 3.05) is 13.7 Å². The van der Waals surface area contributed by atoms with Crippen LogP contribution in [0.25, 0.3) is 0 Å². The molecule has 1 aromatic rings. The van der Waals surface area contributed by atoms with Crippen LogP contribution in [0.15, 0.2) is 36.1 Å². The average Bonchev–Trinajstić information content (AvgIpc) is 2.85. The highest BCUT2D eigenvalue weighted by Gasteiger charge is 2.18. The molecule has 1 aliphatic rings. The third kappa shape index (κ3) is 2.27. The molecular weight excluding hydrogens is 198 g/mol. The van der Waals surface area contributed by atoms with Gasteiger partial charge in [0.15, 0.2) is 0 Å². The number of aryl methyl sites for hydroxylation is 1. The fourth-order valence-corrected chi connectivity index (χ4v) is 2.06. The Morgan fingerprint density at radius 3 is 2.56 bits per heavy atom. The van der Waals surface area contributed by atoms with E-state index in [2.05, 4.69) is 42.6 Å². The lowest BCUT2D eigenvalue weighted by atomic mass is 10.0. The zero-order valence-electron chi connectivity index (χ0n) is 9.99. The van der Waals surface area contributed by atoms with Crippen LogP contribution in [0.5, 0.6) is 0 Å². The van der Waals surface area contributed by atoms with Gasteiger partial charge >= 0.3 is 0 Å². The van der Waals surface area contributed by atoms with E-state index in [1.807, 2.05) is 7.05 Å². The van der Waals surface area contributed by atoms with Gasteiger partial charge in [0.05, 0.1) is 12.6 Å². The Hall–Kier alpha value is -1.28. The summed E-state index contributed by atoms with van der Waals surface area (Å²) in [7, 11) is 1.97. The summed E-state index contributed by atoms with van der Waals surface area (Å²) >= 11 is 0. The Bertz CT molecular complexity index is 367. The Kier molecular flexibility index (Phi) is 3.62. The molecule has 0 saturated heterocycles. The number of benzene rings is 1. The number of likely N-dealkylation sites (N-methyl/N-ethyl adjacent to an activating group) is 1. The first-order chi connectivity index (χ1) is 7.85. The van der Waals surface area contributed by atoms with Crippen molar-refractivity contribution in [2.45, 2.75) is 25.8 Å². The molecule has 1 aromatic carbocycles. The summed E-state index contributed by atoms with van der Waals surface area (Å²) in [6.45, 7) is 2.99. The van der Waals surface area contributed by atoms with Crippen molar-refractivity contribution in [2.24, 2.45) is 0 Å². The van der Waals surface area contributed by atoms with Crippen molar-refractivity contribution in [3.63, 3.8) is 0 Å². The van der Waals surface area contributed by atoms with Gasteiger partial charge in [-0.1, -0.05) is 31.2 Å². The topological polar surface area (TPSA) is 21.3 Å². The summed E-state index contributed by atoms with van der Waals surface area (Å²) in [6.07, 6.45) is 4.29. The molecule has 0 spiro atoms. The van der Waals surface area contributed by atoms with E-state index >= 15 is 0 Å². The standard InChI is InChI=1S/C14H19NO/c1-3-11-6-8-12(9-7-11)14(15-2)13-5-4-10-16-13/h5-9,14-15H,3-4,10H2,1-2H3. The summed E-state index contributed by atoms with van der Waals surface area (Å²) in [6, 6.07) is 8.95. The van der Waals surface area contributed by atoms with Crippen LogP contribution in [0.1, 0.15) is 30.5 Å². The highest BCUT2D eigenvalue weighted by atomic mass is 16.5. The molecule has 0 aromatic heterocycles. The van der Waals surface area contributed by atoms with E-state index in [0.29, 0.717) is 0 Å². The predicted molar refractivity (Wildman–Crippen MR) is 66.3 cm³/mol. The van der Waals surface area contributed by atoms with Gasteiger partial charge in [-0.05, 0) is 30.7 Å². The van der Waals surface area contributed by atoms with Gasteiger partial charge in [0.2, 0.25) is 0 Å². The van der Waals surface area contributed by atoms with E-state index in [1.54, 1.807) is 0 Å². The molecule has 1 N–H and O–H groups in total. The van der Waals surface area contributed by atoms with Gasteiger partial charge < -0.3 is 10.1 Å². The molecule has 0 aliphatic carbocycles. The third-order valence-electron chi connectivity index (χ3n) is 3.03. The van der Waals surface area contributed by atoms with E-state index in [9.17, 15) is 0 Å². The van der Waals surface area contributed by atoms with E-state index in [-0.39, 0.29) is 6.04 Å². The van der Waals surface area contributed by atoms with Gasteiger partial charge in [0.25, 0.3) is 0 Å². The second-order valence-corrected chi connectivity index (χ2v) is 4.06. The monoisotopic (exact) mass is 217 g/mol. The van der Waals surface area contributed by atoms with Gasteiger partial charge in [0, 0.05) is 6.42 Å². The Morgan fingerprint density at radius 1 is 1.31 bits per heavy atom. The lowest BCUT2D eigenvalue weighted by molar-refractivity contribution is 0.218. The largest absolute Gasteiger partial charge is 0.496 e. The Morgan fingerprint density at radius 2 is 2.06 bits per heavy atom. The van der Waals surface area contributed by atoms with Crippen molar-refractivity contribution in [1.82, 2.24) is 5.32 Å². The zero-order valence-corrected chi connectivity index (χ0v) is 9.99. The van der Waals surface area contributed by atoms with Crippen LogP contribution in [0.2, 0.25) is 0 Å². The minimum absolute atomic E-state index is 0.202. The molecule has 1 heterocycles. The van der Waals surface area contributed by atoms with Crippen molar-refractivity contribution in [3.05, 3.63) is 47.2 Å². The predicted octanol–water partition coefficient (Wildman–Crippen LogP) is 2.81. The summed E-state index contributed by atoms with van der Waals surface area (Å²) in [5.74, 6) is 1.06. The van der Waals surface area contributed by atoms with Gasteiger partial charge in [0.1, 0.15) is 5.76 Å². The molecule has 1 unspecified atom stereocenters. The number of hydrogen-bond donors (Lipinski definition) is 1. The maximum absolute atomic E-state index is 5.62. The molecule has 0 saturated carbocycles. The second kappa shape index (κ2) is 5.17. The average molecular weight is 217 g/mol. The normalized spacial score (nSPS) is 16.8. The number of hydrogen-bond acceptors (Lipinski definition) is 2. The minimum Gasteiger partial charge on any atom is -0.496 e. The van der Waals surface area contributed by atoms with Crippen LogP contribution in [-0.2, 0) is 11.2 Å². The van der Waals surface area contributed by atoms with Crippen LogP contribution in [0.4, 0.5) is 0 Å². The summed E-state index contributed by atoms with van der Waals surface area (Å²) < 4.78 is 5.62. The highest BCUT2D eigenvalue weighted by molar-refractivity contribution is 5.30. The third-order valence-corrected chi connectivity index (χ3v) is 3.03. The fourth-order valence-electron chi connectivity index (χ4n) is 2.06. The molecule has 0 radical (unpaired) electrons. The van der Waals surface area contributed by atoms with Crippen LogP contribution in [0.3, 0.4) is 0 Å². The maximum atomic E-state index is 5.62. The van der Waals surface area contributed by atoms with Crippen molar-refractivity contribution in [1.29, 1.82) is 0 Å². The summed E-state index contributed by atoms with van der Waals surface area (Å²) in [5.41, 5.74) is 2.65. The fraction of sp³-hybridized carbons (Fsp3) is 0.429. The van der Waals surface area contributed by atoms with Crippen LogP contribution >= 0.6 is 0 Å². The first-order valence-corrected chi connectivity index (χ1v) is 5.94. The lowest BCUT2D eigenvalue weighted by Crippen LogP contribution is -2.19. The molecule has 2 nitrogen and oxygen atoms in total. The van der Waals surface area contributed by atoms with Gasteiger partial charge in [-0.2, -0.15) is 0 Å². The molecule has 0 fully saturated rings. The molecule has 0 amide bonds. The molecule has 86 valence electrons. The molecule has 1 atom stereocenters. The Labute approximate surface area is 97.3 Å². The van der Waals surface area contributed by atoms with Crippen LogP contribution in [-0.4, -0.2) is 13.7 Å². The maximum Gasteiger partial charge on any atom is 0.114 e. The molecule has 1 aliphatic heterocycles. The van der Waals surface area contributed by atoms with Crippen molar-refractivity contribution in [3.8, 4) is 0 Å². The van der Waals surface area contributed by atoms with E-state index in [1.165, 1.54) is 11.1 Å². The van der Waals surface area contributed by atoms with Crippen molar-refractivity contribution >= 4 is 0 Å². The molecule has 2 rings (SSSR count). The number of rotatable bonds is 4. The lowest BCUT2D eigenvalue weighted by Gasteiger charge is -2.18. The molecular formula is C14H19NO. The first kappa shape index (κ1) is 11.2. The summed E-state index contributed by atoms with van der Waals surface area (Å²) in [4.78, 5) is 0. The summed E-state index contributed by atoms with van der Waals surface area (Å²) in [5, 5.41) is 3.30. The smallest absolute Gasteiger partial charge is 0.114 e. The molecule has 0 bridgehead atoms. The SMILES string of the molecule is CCc1ccc(C(NC)C2=CCCO2)cc1. The first-order valence-electron chi connectivity index (χ1n) is 5.94. The molecule has 16 heavy (non-hydrogen) atoms. The highest BCUT2D eigenvalue weighted by Crippen LogP contribution is 2.26. The second-order valence-electron chi connectivity index (χ2n) is 4.06. The molecule has 2 heteroatoms. The van der Waals surface area contributed by atoms with Gasteiger partial charge in [-0.15, -0.1) is 0 Å². The van der Waals surface area contributed by atoms with Crippen LogP contribution < -0.4 is 5.32 Å². The number of nitrogens with one attached hydrogen (secondary N) is 1.